The molecule has 2 rings (SSSR count). The molecule has 8 heteroatoms. The molecular weight excluding hydrogens is 286 g/mol. The van der Waals surface area contributed by atoms with Gasteiger partial charge in [-0.05, 0) is 24.3 Å². The highest BCUT2D eigenvalue weighted by Gasteiger charge is 2.11. The molecule has 2 aromatic rings. The van der Waals surface area contributed by atoms with Crippen LogP contribution in [0.5, 0.6) is 0 Å². The van der Waals surface area contributed by atoms with E-state index in [1.165, 1.54) is 10.7 Å². The van der Waals surface area contributed by atoms with E-state index in [4.69, 9.17) is 5.73 Å². The van der Waals surface area contributed by atoms with Gasteiger partial charge in [0.2, 0.25) is 11.8 Å². The molecule has 22 heavy (non-hydrogen) atoms. The molecule has 0 aliphatic heterocycles. The molecule has 0 aliphatic carbocycles. The van der Waals surface area contributed by atoms with Gasteiger partial charge in [0.05, 0.1) is 6.54 Å². The normalized spacial score (nSPS) is 10.0. The summed E-state index contributed by atoms with van der Waals surface area (Å²) in [4.78, 5) is 34.6. The minimum atomic E-state index is -0.584. The van der Waals surface area contributed by atoms with Gasteiger partial charge in [-0.3, -0.25) is 19.1 Å². The average Bonchev–Trinajstić information content (AvgIpc) is 2.91. The van der Waals surface area contributed by atoms with E-state index in [2.05, 4.69) is 15.7 Å². The van der Waals surface area contributed by atoms with Gasteiger partial charge in [-0.2, -0.15) is 5.10 Å². The first kappa shape index (κ1) is 15.2. The highest BCUT2D eigenvalue weighted by molar-refractivity contribution is 5.99. The number of anilines is 1. The van der Waals surface area contributed by atoms with Crippen LogP contribution in [0.25, 0.3) is 0 Å². The van der Waals surface area contributed by atoms with Crippen LogP contribution >= 0.6 is 0 Å². The lowest BCUT2D eigenvalue weighted by Crippen LogP contribution is -2.33. The Morgan fingerprint density at radius 3 is 2.68 bits per heavy atom. The molecule has 8 nitrogen and oxygen atoms in total. The van der Waals surface area contributed by atoms with Crippen LogP contribution in [0.4, 0.5) is 5.69 Å². The third-order valence-electron chi connectivity index (χ3n) is 2.79. The predicted molar refractivity (Wildman–Crippen MR) is 79.1 cm³/mol. The van der Waals surface area contributed by atoms with E-state index in [1.54, 1.807) is 37.5 Å². The summed E-state index contributed by atoms with van der Waals surface area (Å²) in [7, 11) is 1.69. The van der Waals surface area contributed by atoms with Crippen LogP contribution in [-0.2, 0) is 11.8 Å². The summed E-state index contributed by atoms with van der Waals surface area (Å²) in [6.07, 6.45) is 1.63. The van der Waals surface area contributed by atoms with Crippen LogP contribution in [0.2, 0.25) is 0 Å². The summed E-state index contributed by atoms with van der Waals surface area (Å²) in [6.45, 7) is -0.212. The monoisotopic (exact) mass is 301 g/mol. The van der Waals surface area contributed by atoms with Crippen LogP contribution in [-0.4, -0.2) is 34.0 Å². The maximum absolute atomic E-state index is 11.8. The first-order chi connectivity index (χ1) is 10.5. The number of nitrogens with zero attached hydrogens (tertiary/aromatic N) is 2. The Morgan fingerprint density at radius 1 is 1.27 bits per heavy atom. The van der Waals surface area contributed by atoms with Gasteiger partial charge in [-0.15, -0.1) is 0 Å². The van der Waals surface area contributed by atoms with Crippen LogP contribution in [0.3, 0.4) is 0 Å². The Kier molecular flexibility index (Phi) is 4.52. The molecule has 1 heterocycles. The van der Waals surface area contributed by atoms with E-state index >= 15 is 0 Å². The molecule has 0 radical (unpaired) electrons. The van der Waals surface area contributed by atoms with Gasteiger partial charge < -0.3 is 16.4 Å². The zero-order valence-electron chi connectivity index (χ0n) is 11.9. The zero-order valence-corrected chi connectivity index (χ0v) is 11.9. The van der Waals surface area contributed by atoms with Gasteiger partial charge in [-0.25, -0.2) is 0 Å². The maximum Gasteiger partial charge on any atom is 0.272 e. The molecule has 0 bridgehead atoms. The molecule has 1 aromatic carbocycles. The molecule has 4 N–H and O–H groups in total. The van der Waals surface area contributed by atoms with Crippen LogP contribution < -0.4 is 16.4 Å². The Bertz CT molecular complexity index is 723. The third kappa shape index (κ3) is 3.92. The standard InChI is InChI=1S/C14H15N5O3/c1-19-6-5-11(18-19)14(22)16-8-12(20)17-10-4-2-3-9(7-10)13(15)21/h2-7H,8H2,1H3,(H2,15,21)(H,16,22)(H,17,20). The SMILES string of the molecule is Cn1ccc(C(=O)NCC(=O)Nc2cccc(C(N)=O)c2)n1. The number of aryl methyl sites for hydroxylation is 1. The van der Waals surface area contributed by atoms with Crippen molar-refractivity contribution in [2.75, 3.05) is 11.9 Å². The van der Waals surface area contributed by atoms with Crippen LogP contribution in [0, 0.1) is 0 Å². The van der Waals surface area contributed by atoms with E-state index in [0.717, 1.165) is 0 Å². The quantitative estimate of drug-likeness (QED) is 0.713. The lowest BCUT2D eigenvalue weighted by Gasteiger charge is -2.07. The van der Waals surface area contributed by atoms with Crippen LogP contribution in [0.1, 0.15) is 20.8 Å². The molecular formula is C14H15N5O3. The van der Waals surface area contributed by atoms with E-state index in [1.807, 2.05) is 0 Å². The first-order valence-corrected chi connectivity index (χ1v) is 6.43. The largest absolute Gasteiger partial charge is 0.366 e. The number of carbonyl (C=O) groups excluding carboxylic acids is 3. The summed E-state index contributed by atoms with van der Waals surface area (Å²) in [6, 6.07) is 7.76. The first-order valence-electron chi connectivity index (χ1n) is 6.43. The molecule has 1 aromatic heterocycles. The van der Waals surface area contributed by atoms with Crippen molar-refractivity contribution in [2.45, 2.75) is 0 Å². The lowest BCUT2D eigenvalue weighted by molar-refractivity contribution is -0.115. The third-order valence-corrected chi connectivity index (χ3v) is 2.79. The van der Waals surface area contributed by atoms with E-state index in [0.29, 0.717) is 5.69 Å². The fraction of sp³-hybridized carbons (Fsp3) is 0.143. The van der Waals surface area contributed by atoms with Crippen molar-refractivity contribution in [1.29, 1.82) is 0 Å². The number of hydrogen-bond donors (Lipinski definition) is 3. The lowest BCUT2D eigenvalue weighted by atomic mass is 10.2. The second-order valence-corrected chi connectivity index (χ2v) is 4.55. The summed E-state index contributed by atoms with van der Waals surface area (Å²) in [5.41, 5.74) is 6.10. The molecule has 114 valence electrons. The number of amides is 3. The van der Waals surface area contributed by atoms with Crippen molar-refractivity contribution in [3.63, 3.8) is 0 Å². The fourth-order valence-corrected chi connectivity index (χ4v) is 1.74. The van der Waals surface area contributed by atoms with Gasteiger partial charge in [0, 0.05) is 24.5 Å². The van der Waals surface area contributed by atoms with Crippen LogP contribution in [0.15, 0.2) is 36.5 Å². The number of benzene rings is 1. The molecule has 0 fully saturated rings. The minimum absolute atomic E-state index is 0.212. The molecule has 0 spiro atoms. The Balaban J connectivity index is 1.89. The Hall–Kier alpha value is -3.16. The van der Waals surface area contributed by atoms with Crippen molar-refractivity contribution in [3.05, 3.63) is 47.8 Å². The average molecular weight is 301 g/mol. The topological polar surface area (TPSA) is 119 Å². The smallest absolute Gasteiger partial charge is 0.272 e. The molecule has 0 atom stereocenters. The van der Waals surface area contributed by atoms with E-state index < -0.39 is 17.7 Å². The summed E-state index contributed by atoms with van der Waals surface area (Å²) in [5, 5.41) is 8.94. The fourth-order valence-electron chi connectivity index (χ4n) is 1.74. The van der Waals surface area contributed by atoms with Crippen molar-refractivity contribution < 1.29 is 14.4 Å². The van der Waals surface area contributed by atoms with Crippen molar-refractivity contribution in [3.8, 4) is 0 Å². The minimum Gasteiger partial charge on any atom is -0.366 e. The second kappa shape index (κ2) is 6.53. The van der Waals surface area contributed by atoms with Crippen molar-refractivity contribution >= 4 is 23.4 Å². The Morgan fingerprint density at radius 2 is 2.05 bits per heavy atom. The summed E-state index contributed by atoms with van der Waals surface area (Å²) < 4.78 is 1.49. The Labute approximate surface area is 126 Å². The molecule has 0 saturated heterocycles. The number of nitrogens with one attached hydrogen (secondary N) is 2. The second-order valence-electron chi connectivity index (χ2n) is 4.55. The number of aromatic nitrogens is 2. The highest BCUT2D eigenvalue weighted by atomic mass is 16.2. The predicted octanol–water partition coefficient (Wildman–Crippen LogP) is -0.112. The number of primary amides is 1. The van der Waals surface area contributed by atoms with E-state index in [-0.39, 0.29) is 17.8 Å². The molecule has 0 unspecified atom stereocenters. The van der Waals surface area contributed by atoms with Gasteiger partial charge in [0.15, 0.2) is 0 Å². The van der Waals surface area contributed by atoms with Gasteiger partial charge in [0.1, 0.15) is 5.69 Å². The zero-order chi connectivity index (χ0) is 16.1. The number of carbonyl (C=O) groups is 3. The van der Waals surface area contributed by atoms with Gasteiger partial charge in [-0.1, -0.05) is 6.07 Å². The van der Waals surface area contributed by atoms with Crippen molar-refractivity contribution in [2.24, 2.45) is 12.8 Å². The number of hydrogen-bond acceptors (Lipinski definition) is 4. The molecule has 0 saturated carbocycles. The molecule has 0 aliphatic rings. The van der Waals surface area contributed by atoms with Gasteiger partial charge in [0.25, 0.3) is 5.91 Å². The summed E-state index contributed by atoms with van der Waals surface area (Å²) in [5.74, 6) is -1.45. The van der Waals surface area contributed by atoms with E-state index in [9.17, 15) is 14.4 Å². The maximum atomic E-state index is 11.8. The highest BCUT2D eigenvalue weighted by Crippen LogP contribution is 2.09. The number of nitrogens with two attached hydrogens (primary N) is 1. The summed E-state index contributed by atoms with van der Waals surface area (Å²) >= 11 is 0. The number of rotatable bonds is 5. The van der Waals surface area contributed by atoms with Crippen molar-refractivity contribution in [1.82, 2.24) is 15.1 Å². The van der Waals surface area contributed by atoms with Gasteiger partial charge >= 0.3 is 0 Å². The molecule has 3 amide bonds.